The summed E-state index contributed by atoms with van der Waals surface area (Å²) in [6.45, 7) is 2.93. The highest BCUT2D eigenvalue weighted by atomic mass is 16.5. The maximum absolute atomic E-state index is 13.0. The Hall–Kier alpha value is -2.99. The van der Waals surface area contributed by atoms with E-state index in [1.807, 2.05) is 35.9 Å². The maximum atomic E-state index is 13.0. The van der Waals surface area contributed by atoms with Crippen molar-refractivity contribution < 1.29 is 14.3 Å². The van der Waals surface area contributed by atoms with Crippen LogP contribution in [0.4, 0.5) is 0 Å². The lowest BCUT2D eigenvalue weighted by Gasteiger charge is -2.32. The van der Waals surface area contributed by atoms with Crippen molar-refractivity contribution in [3.05, 3.63) is 59.8 Å². The van der Waals surface area contributed by atoms with E-state index in [0.717, 1.165) is 54.9 Å². The van der Waals surface area contributed by atoms with Crippen LogP contribution in [-0.4, -0.2) is 48.7 Å². The van der Waals surface area contributed by atoms with Gasteiger partial charge in [-0.1, -0.05) is 30.3 Å². The highest BCUT2D eigenvalue weighted by Gasteiger charge is 2.24. The van der Waals surface area contributed by atoms with Crippen LogP contribution in [0.1, 0.15) is 28.9 Å². The molecule has 1 saturated heterocycles. The summed E-state index contributed by atoms with van der Waals surface area (Å²) in [5.41, 5.74) is 2.80. The first kappa shape index (κ1) is 20.3. The number of hydrogen-bond acceptors (Lipinski definition) is 4. The number of hydrogen-bond donors (Lipinski definition) is 1. The summed E-state index contributed by atoms with van der Waals surface area (Å²) in [6.07, 6.45) is 1.91. The highest BCUT2D eigenvalue weighted by Crippen LogP contribution is 2.35. The molecular formula is C24H29N3O3. The molecule has 6 heteroatoms. The first-order chi connectivity index (χ1) is 14.6. The molecule has 0 spiro atoms. The number of rotatable bonds is 6. The number of carbonyl (C=O) groups excluding carboxylic acids is 1. The average molecular weight is 408 g/mol. The summed E-state index contributed by atoms with van der Waals surface area (Å²) < 4.78 is 12.9. The van der Waals surface area contributed by atoms with Gasteiger partial charge in [0.1, 0.15) is 17.2 Å². The molecule has 1 fully saturated rings. The van der Waals surface area contributed by atoms with E-state index in [9.17, 15) is 4.79 Å². The van der Waals surface area contributed by atoms with Crippen molar-refractivity contribution in [1.82, 2.24) is 14.8 Å². The third-order valence-corrected chi connectivity index (χ3v) is 5.96. The Bertz CT molecular complexity index is 1020. The second kappa shape index (κ2) is 8.79. The van der Waals surface area contributed by atoms with Crippen LogP contribution < -0.4 is 14.8 Å². The molecule has 0 saturated carbocycles. The summed E-state index contributed by atoms with van der Waals surface area (Å²) in [7, 11) is 5.16. The molecule has 2 heterocycles. The molecule has 2 aromatic carbocycles. The average Bonchev–Trinajstić information content (AvgIpc) is 3.13. The molecular weight excluding hydrogens is 378 g/mol. The highest BCUT2D eigenvalue weighted by molar-refractivity contribution is 6.02. The van der Waals surface area contributed by atoms with Gasteiger partial charge in [0.2, 0.25) is 0 Å². The van der Waals surface area contributed by atoms with Crippen molar-refractivity contribution in [3.8, 4) is 11.5 Å². The van der Waals surface area contributed by atoms with Crippen LogP contribution >= 0.6 is 0 Å². The number of carbonyl (C=O) groups is 1. The monoisotopic (exact) mass is 407 g/mol. The summed E-state index contributed by atoms with van der Waals surface area (Å²) in [4.78, 5) is 15.5. The molecule has 30 heavy (non-hydrogen) atoms. The van der Waals surface area contributed by atoms with E-state index < -0.39 is 0 Å². The predicted octanol–water partition coefficient (Wildman–Crippen LogP) is 3.59. The lowest BCUT2D eigenvalue weighted by Crippen LogP contribution is -2.44. The number of benzene rings is 2. The number of likely N-dealkylation sites (tertiary alicyclic amines) is 1. The van der Waals surface area contributed by atoms with E-state index in [0.29, 0.717) is 5.69 Å². The largest absolute Gasteiger partial charge is 0.496 e. The number of amides is 1. The Labute approximate surface area is 177 Å². The third-order valence-electron chi connectivity index (χ3n) is 5.96. The minimum atomic E-state index is -0.0562. The first-order valence-electron chi connectivity index (χ1n) is 10.4. The van der Waals surface area contributed by atoms with E-state index in [-0.39, 0.29) is 11.9 Å². The fourth-order valence-electron chi connectivity index (χ4n) is 4.31. The maximum Gasteiger partial charge on any atom is 0.268 e. The third kappa shape index (κ3) is 4.00. The van der Waals surface area contributed by atoms with Gasteiger partial charge in [-0.25, -0.2) is 0 Å². The van der Waals surface area contributed by atoms with Crippen molar-refractivity contribution in [2.45, 2.75) is 25.4 Å². The zero-order valence-electron chi connectivity index (χ0n) is 17.9. The van der Waals surface area contributed by atoms with Gasteiger partial charge in [-0.3, -0.25) is 9.69 Å². The van der Waals surface area contributed by atoms with E-state index in [2.05, 4.69) is 34.5 Å². The van der Waals surface area contributed by atoms with E-state index in [4.69, 9.17) is 9.47 Å². The molecule has 3 aromatic rings. The number of ether oxygens (including phenoxy) is 2. The zero-order valence-corrected chi connectivity index (χ0v) is 17.9. The van der Waals surface area contributed by atoms with Crippen molar-refractivity contribution in [2.24, 2.45) is 7.05 Å². The van der Waals surface area contributed by atoms with Gasteiger partial charge in [0.15, 0.2) is 0 Å². The van der Waals surface area contributed by atoms with Gasteiger partial charge in [0.25, 0.3) is 5.91 Å². The van der Waals surface area contributed by atoms with Crippen molar-refractivity contribution in [1.29, 1.82) is 0 Å². The molecule has 1 N–H and O–H groups in total. The van der Waals surface area contributed by atoms with Crippen LogP contribution in [0.25, 0.3) is 10.9 Å². The number of nitrogens with zero attached hydrogens (tertiary/aromatic N) is 2. The number of aryl methyl sites for hydroxylation is 1. The smallest absolute Gasteiger partial charge is 0.268 e. The van der Waals surface area contributed by atoms with Gasteiger partial charge >= 0.3 is 0 Å². The molecule has 0 unspecified atom stereocenters. The zero-order chi connectivity index (χ0) is 21.1. The molecule has 0 bridgehead atoms. The summed E-state index contributed by atoms with van der Waals surface area (Å²) in [6, 6.07) is 16.3. The van der Waals surface area contributed by atoms with Crippen LogP contribution in [0, 0.1) is 0 Å². The molecule has 0 aliphatic carbocycles. The van der Waals surface area contributed by atoms with Gasteiger partial charge in [0.05, 0.1) is 19.7 Å². The topological polar surface area (TPSA) is 55.7 Å². The van der Waals surface area contributed by atoms with Gasteiger partial charge in [-0.2, -0.15) is 0 Å². The van der Waals surface area contributed by atoms with Gasteiger partial charge in [0, 0.05) is 38.1 Å². The SMILES string of the molecule is COc1ccc(OC)c2c1cc(C(=O)NC1CCN(Cc3ccccc3)CC1)n2C. The number of aromatic nitrogens is 1. The van der Waals surface area contributed by atoms with Crippen LogP contribution in [0.3, 0.4) is 0 Å². The second-order valence-electron chi connectivity index (χ2n) is 7.83. The molecule has 158 valence electrons. The van der Waals surface area contributed by atoms with Crippen LogP contribution in [0.15, 0.2) is 48.5 Å². The fourth-order valence-corrected chi connectivity index (χ4v) is 4.31. The molecule has 1 aromatic heterocycles. The molecule has 0 atom stereocenters. The minimum Gasteiger partial charge on any atom is -0.496 e. The number of nitrogens with one attached hydrogen (secondary N) is 1. The Balaban J connectivity index is 1.43. The number of fused-ring (bicyclic) bond motifs is 1. The van der Waals surface area contributed by atoms with Crippen LogP contribution in [0.5, 0.6) is 11.5 Å². The standard InChI is InChI=1S/C24H29N3O3/c1-26-20(15-19-21(29-2)9-10-22(30-3)23(19)26)24(28)25-18-11-13-27(14-12-18)16-17-7-5-4-6-8-17/h4-10,15,18H,11-14,16H2,1-3H3,(H,25,28). The molecule has 1 aliphatic heterocycles. The first-order valence-corrected chi connectivity index (χ1v) is 10.4. The lowest BCUT2D eigenvalue weighted by atomic mass is 10.0. The van der Waals surface area contributed by atoms with E-state index in [1.165, 1.54) is 5.56 Å². The molecule has 4 rings (SSSR count). The van der Waals surface area contributed by atoms with Gasteiger partial charge in [-0.05, 0) is 36.6 Å². The van der Waals surface area contributed by atoms with Crippen molar-refractivity contribution in [3.63, 3.8) is 0 Å². The van der Waals surface area contributed by atoms with E-state index >= 15 is 0 Å². The molecule has 0 radical (unpaired) electrons. The Morgan fingerprint density at radius 2 is 1.70 bits per heavy atom. The normalized spacial score (nSPS) is 15.3. The fraction of sp³-hybridized carbons (Fsp3) is 0.375. The predicted molar refractivity (Wildman–Crippen MR) is 118 cm³/mol. The minimum absolute atomic E-state index is 0.0562. The van der Waals surface area contributed by atoms with Gasteiger partial charge < -0.3 is 19.4 Å². The van der Waals surface area contributed by atoms with Crippen molar-refractivity contribution in [2.75, 3.05) is 27.3 Å². The Morgan fingerprint density at radius 1 is 1.03 bits per heavy atom. The van der Waals surface area contributed by atoms with Gasteiger partial charge in [-0.15, -0.1) is 0 Å². The number of methoxy groups -OCH3 is 2. The van der Waals surface area contributed by atoms with Crippen LogP contribution in [0.2, 0.25) is 0 Å². The Morgan fingerprint density at radius 3 is 2.37 bits per heavy atom. The second-order valence-corrected chi connectivity index (χ2v) is 7.83. The Kier molecular flexibility index (Phi) is 5.95. The summed E-state index contributed by atoms with van der Waals surface area (Å²) in [5, 5.41) is 4.11. The van der Waals surface area contributed by atoms with E-state index in [1.54, 1.807) is 14.2 Å². The lowest BCUT2D eigenvalue weighted by molar-refractivity contribution is 0.0901. The molecule has 6 nitrogen and oxygen atoms in total. The summed E-state index contributed by atoms with van der Waals surface area (Å²) >= 11 is 0. The molecule has 1 amide bonds. The van der Waals surface area contributed by atoms with Crippen LogP contribution in [-0.2, 0) is 13.6 Å². The summed E-state index contributed by atoms with van der Waals surface area (Å²) in [5.74, 6) is 1.40. The quantitative estimate of drug-likeness (QED) is 0.679. The number of piperidine rings is 1. The molecule has 1 aliphatic rings. The van der Waals surface area contributed by atoms with Crippen molar-refractivity contribution >= 4 is 16.8 Å².